The van der Waals surface area contributed by atoms with Gasteiger partial charge in [-0.25, -0.2) is 4.98 Å². The normalized spacial score (nSPS) is 21.0. The molecular weight excluding hydrogens is 320 g/mol. The van der Waals surface area contributed by atoms with E-state index >= 15 is 0 Å². The molecule has 1 aromatic heterocycles. The van der Waals surface area contributed by atoms with Gasteiger partial charge in [-0.05, 0) is 31.6 Å². The van der Waals surface area contributed by atoms with Crippen LogP contribution in [0, 0.1) is 5.92 Å². The Morgan fingerprint density at radius 1 is 1.38 bits per heavy atom. The van der Waals surface area contributed by atoms with Crippen LogP contribution in [0.3, 0.4) is 0 Å². The van der Waals surface area contributed by atoms with Crippen molar-refractivity contribution in [3.63, 3.8) is 0 Å². The van der Waals surface area contributed by atoms with Gasteiger partial charge in [-0.3, -0.25) is 4.79 Å². The molecule has 0 unspecified atom stereocenters. The molecule has 3 rings (SSSR count). The maximum Gasteiger partial charge on any atom is 0.246 e. The fourth-order valence-electron chi connectivity index (χ4n) is 3.48. The van der Waals surface area contributed by atoms with Crippen molar-refractivity contribution in [1.82, 2.24) is 15.2 Å². The van der Waals surface area contributed by atoms with Gasteiger partial charge in [-0.1, -0.05) is 26.7 Å². The highest BCUT2D eigenvalue weighted by Gasteiger charge is 2.43. The Morgan fingerprint density at radius 3 is 2.62 bits per heavy atom. The van der Waals surface area contributed by atoms with Crippen LogP contribution in [0.1, 0.15) is 52.4 Å². The van der Waals surface area contributed by atoms with Gasteiger partial charge in [0.1, 0.15) is 5.54 Å². The summed E-state index contributed by atoms with van der Waals surface area (Å²) in [5.74, 6) is 0.937. The van der Waals surface area contributed by atoms with Crippen LogP contribution in [-0.2, 0) is 4.79 Å². The molecular formula is C18H30N4OS. The highest BCUT2D eigenvalue weighted by Crippen LogP contribution is 2.31. The zero-order valence-electron chi connectivity index (χ0n) is 14.9. The van der Waals surface area contributed by atoms with Crippen LogP contribution in [0.5, 0.6) is 0 Å². The number of thiazole rings is 1. The maximum absolute atomic E-state index is 12.9. The standard InChI is InChI=1S/C18H30N4OS/c1-3-14(4-2)13-22-10-7-18(8-11-22,16(23)20-15-5-6-15)21-17-19-9-12-24-17/h9,12,14-15H,3-8,10-11,13H2,1-2H3,(H,19,21)(H,20,23). The number of rotatable bonds is 8. The van der Waals surface area contributed by atoms with Crippen LogP contribution < -0.4 is 10.6 Å². The van der Waals surface area contributed by atoms with E-state index in [9.17, 15) is 4.79 Å². The Morgan fingerprint density at radius 2 is 2.08 bits per heavy atom. The van der Waals surface area contributed by atoms with Gasteiger partial charge in [0, 0.05) is 37.3 Å². The molecule has 1 aliphatic heterocycles. The van der Waals surface area contributed by atoms with Gasteiger partial charge in [0.25, 0.3) is 0 Å². The zero-order chi connectivity index (χ0) is 17.0. The molecule has 2 fully saturated rings. The van der Waals surface area contributed by atoms with E-state index in [1.165, 1.54) is 12.8 Å². The number of carbonyl (C=O) groups is 1. The molecule has 0 atom stereocenters. The van der Waals surface area contributed by atoms with Crippen LogP contribution in [0.25, 0.3) is 0 Å². The molecule has 1 saturated heterocycles. The highest BCUT2D eigenvalue weighted by atomic mass is 32.1. The largest absolute Gasteiger partial charge is 0.351 e. The molecule has 1 amide bonds. The average Bonchev–Trinajstić information content (AvgIpc) is 3.27. The van der Waals surface area contributed by atoms with E-state index in [1.807, 2.05) is 5.38 Å². The number of piperidine rings is 1. The molecule has 2 aliphatic rings. The van der Waals surface area contributed by atoms with Crippen molar-refractivity contribution in [2.24, 2.45) is 5.92 Å². The summed E-state index contributed by atoms with van der Waals surface area (Å²) in [5.41, 5.74) is -0.495. The minimum Gasteiger partial charge on any atom is -0.351 e. The van der Waals surface area contributed by atoms with Gasteiger partial charge in [-0.2, -0.15) is 0 Å². The van der Waals surface area contributed by atoms with Gasteiger partial charge < -0.3 is 15.5 Å². The zero-order valence-corrected chi connectivity index (χ0v) is 15.7. The van der Waals surface area contributed by atoms with Crippen molar-refractivity contribution in [2.75, 3.05) is 25.0 Å². The number of anilines is 1. The number of likely N-dealkylation sites (tertiary alicyclic amines) is 1. The predicted octanol–water partition coefficient (Wildman–Crippen LogP) is 3.10. The molecule has 2 heterocycles. The average molecular weight is 351 g/mol. The van der Waals surface area contributed by atoms with E-state index in [1.54, 1.807) is 17.5 Å². The first-order valence-electron chi connectivity index (χ1n) is 9.36. The van der Waals surface area contributed by atoms with E-state index in [-0.39, 0.29) is 5.91 Å². The monoisotopic (exact) mass is 350 g/mol. The molecule has 0 aromatic carbocycles. The van der Waals surface area contributed by atoms with Crippen LogP contribution in [0.2, 0.25) is 0 Å². The van der Waals surface area contributed by atoms with E-state index in [2.05, 4.69) is 34.4 Å². The molecule has 1 aliphatic carbocycles. The summed E-state index contributed by atoms with van der Waals surface area (Å²) in [5, 5.41) is 9.50. The molecule has 6 heteroatoms. The number of hydrogen-bond donors (Lipinski definition) is 2. The Hall–Kier alpha value is -1.14. The van der Waals surface area contributed by atoms with Crippen LogP contribution in [0.4, 0.5) is 5.13 Å². The molecule has 134 valence electrons. The lowest BCUT2D eigenvalue weighted by Crippen LogP contribution is -2.59. The predicted molar refractivity (Wildman–Crippen MR) is 99.4 cm³/mol. The third kappa shape index (κ3) is 4.28. The fraction of sp³-hybridized carbons (Fsp3) is 0.778. The molecule has 0 radical (unpaired) electrons. The maximum atomic E-state index is 12.9. The third-order valence-corrected chi connectivity index (χ3v) is 6.19. The SMILES string of the molecule is CCC(CC)CN1CCC(Nc2nccs2)(C(=O)NC2CC2)CC1. The summed E-state index contributed by atoms with van der Waals surface area (Å²) in [7, 11) is 0. The van der Waals surface area contributed by atoms with Gasteiger partial charge in [-0.15, -0.1) is 11.3 Å². The number of amides is 1. The van der Waals surface area contributed by atoms with Gasteiger partial charge in [0.05, 0.1) is 0 Å². The summed E-state index contributed by atoms with van der Waals surface area (Å²) in [6.07, 6.45) is 8.22. The number of nitrogens with zero attached hydrogens (tertiary/aromatic N) is 2. The summed E-state index contributed by atoms with van der Waals surface area (Å²) >= 11 is 1.57. The molecule has 0 spiro atoms. The molecule has 24 heavy (non-hydrogen) atoms. The lowest BCUT2D eigenvalue weighted by atomic mass is 9.85. The molecule has 0 bridgehead atoms. The first-order valence-corrected chi connectivity index (χ1v) is 10.2. The third-order valence-electron chi connectivity index (χ3n) is 5.51. The number of hydrogen-bond acceptors (Lipinski definition) is 5. The van der Waals surface area contributed by atoms with E-state index in [4.69, 9.17) is 0 Å². The Kier molecular flexibility index (Phi) is 5.76. The van der Waals surface area contributed by atoms with Gasteiger partial charge >= 0.3 is 0 Å². The quantitative estimate of drug-likeness (QED) is 0.756. The Labute approximate surface area is 149 Å². The van der Waals surface area contributed by atoms with E-state index in [0.717, 1.165) is 56.4 Å². The number of carbonyl (C=O) groups excluding carboxylic acids is 1. The minimum absolute atomic E-state index is 0.169. The van der Waals surface area contributed by atoms with Crippen molar-refractivity contribution in [3.05, 3.63) is 11.6 Å². The summed E-state index contributed by atoms with van der Waals surface area (Å²) in [6.45, 7) is 7.66. The molecule has 1 saturated carbocycles. The second-order valence-electron chi connectivity index (χ2n) is 7.28. The molecule has 5 nitrogen and oxygen atoms in total. The molecule has 2 N–H and O–H groups in total. The number of aromatic nitrogens is 1. The van der Waals surface area contributed by atoms with Gasteiger partial charge in [0.2, 0.25) is 5.91 Å². The van der Waals surface area contributed by atoms with Crippen molar-refractivity contribution in [2.45, 2.75) is 64.0 Å². The smallest absolute Gasteiger partial charge is 0.246 e. The Balaban J connectivity index is 1.64. The van der Waals surface area contributed by atoms with Crippen molar-refractivity contribution in [3.8, 4) is 0 Å². The Bertz CT molecular complexity index is 517. The number of nitrogens with one attached hydrogen (secondary N) is 2. The second kappa shape index (κ2) is 7.83. The van der Waals surface area contributed by atoms with Gasteiger partial charge in [0.15, 0.2) is 5.13 Å². The van der Waals surface area contributed by atoms with Crippen molar-refractivity contribution >= 4 is 22.4 Å². The lowest BCUT2D eigenvalue weighted by Gasteiger charge is -2.42. The summed E-state index contributed by atoms with van der Waals surface area (Å²) < 4.78 is 0. The van der Waals surface area contributed by atoms with Crippen molar-refractivity contribution < 1.29 is 4.79 Å². The molecule has 1 aromatic rings. The highest BCUT2D eigenvalue weighted by molar-refractivity contribution is 7.13. The topological polar surface area (TPSA) is 57.3 Å². The fourth-order valence-corrected chi connectivity index (χ4v) is 4.11. The summed E-state index contributed by atoms with van der Waals surface area (Å²) in [6, 6.07) is 0.398. The lowest BCUT2D eigenvalue weighted by molar-refractivity contribution is -0.127. The second-order valence-corrected chi connectivity index (χ2v) is 8.17. The van der Waals surface area contributed by atoms with E-state index in [0.29, 0.717) is 6.04 Å². The van der Waals surface area contributed by atoms with E-state index < -0.39 is 5.54 Å². The van der Waals surface area contributed by atoms with Crippen molar-refractivity contribution in [1.29, 1.82) is 0 Å². The first kappa shape index (κ1) is 17.7. The minimum atomic E-state index is -0.495. The van der Waals surface area contributed by atoms with Crippen LogP contribution in [0.15, 0.2) is 11.6 Å². The van der Waals surface area contributed by atoms with Crippen LogP contribution >= 0.6 is 11.3 Å². The van der Waals surface area contributed by atoms with Crippen LogP contribution in [-0.4, -0.2) is 47.0 Å². The first-order chi connectivity index (χ1) is 11.6. The summed E-state index contributed by atoms with van der Waals surface area (Å²) in [4.78, 5) is 19.8.